The Morgan fingerprint density at radius 2 is 2.04 bits per heavy atom. The zero-order chi connectivity index (χ0) is 17.6. The molecule has 0 aromatic rings. The Hall–Kier alpha value is -0.580. The SMILES string of the molecule is COCCOC1OC(CO)C(O)C(OP(C)(=O)O)C1NC(C)=O. The zero-order valence-corrected chi connectivity index (χ0v) is 14.1. The first-order valence-corrected chi connectivity index (χ1v) is 9.02. The third-order valence-electron chi connectivity index (χ3n) is 3.11. The average Bonchev–Trinajstić information content (AvgIpc) is 2.43. The number of carbonyl (C=O) groups is 1. The number of rotatable bonds is 8. The van der Waals surface area contributed by atoms with Crippen LogP contribution < -0.4 is 5.32 Å². The topological polar surface area (TPSA) is 144 Å². The molecule has 1 aliphatic heterocycles. The second-order valence-electron chi connectivity index (χ2n) is 5.18. The van der Waals surface area contributed by atoms with Crippen LogP contribution >= 0.6 is 7.60 Å². The van der Waals surface area contributed by atoms with Gasteiger partial charge in [0.1, 0.15) is 24.4 Å². The van der Waals surface area contributed by atoms with Crippen LogP contribution in [0.25, 0.3) is 0 Å². The van der Waals surface area contributed by atoms with E-state index in [0.29, 0.717) is 0 Å². The largest absolute Gasteiger partial charge is 0.394 e. The maximum Gasteiger partial charge on any atom is 0.325 e. The summed E-state index contributed by atoms with van der Waals surface area (Å²) in [5.41, 5.74) is 0. The Labute approximate surface area is 134 Å². The van der Waals surface area contributed by atoms with Gasteiger partial charge in [-0.15, -0.1) is 0 Å². The molecule has 23 heavy (non-hydrogen) atoms. The smallest absolute Gasteiger partial charge is 0.325 e. The van der Waals surface area contributed by atoms with Crippen LogP contribution in [0.15, 0.2) is 0 Å². The number of hydrogen-bond acceptors (Lipinski definition) is 8. The minimum Gasteiger partial charge on any atom is -0.394 e. The predicted octanol–water partition coefficient (Wildman–Crippen LogP) is -1.57. The van der Waals surface area contributed by atoms with E-state index in [0.717, 1.165) is 6.66 Å². The maximum absolute atomic E-state index is 11.6. The first-order valence-electron chi connectivity index (χ1n) is 7.00. The van der Waals surface area contributed by atoms with E-state index in [1.54, 1.807) is 0 Å². The fourth-order valence-corrected chi connectivity index (χ4v) is 2.90. The van der Waals surface area contributed by atoms with E-state index in [4.69, 9.17) is 18.7 Å². The average molecular weight is 357 g/mol. The highest BCUT2D eigenvalue weighted by atomic mass is 31.2. The van der Waals surface area contributed by atoms with Crippen molar-refractivity contribution >= 4 is 13.5 Å². The summed E-state index contributed by atoms with van der Waals surface area (Å²) < 4.78 is 32.3. The van der Waals surface area contributed by atoms with Crippen LogP contribution in [-0.2, 0) is 28.1 Å². The summed E-state index contributed by atoms with van der Waals surface area (Å²) in [6, 6.07) is -1.04. The number of amides is 1. The van der Waals surface area contributed by atoms with Gasteiger partial charge in [0.25, 0.3) is 0 Å². The lowest BCUT2D eigenvalue weighted by Gasteiger charge is -2.44. The minimum atomic E-state index is -3.98. The van der Waals surface area contributed by atoms with Gasteiger partial charge in [-0.1, -0.05) is 0 Å². The van der Waals surface area contributed by atoms with Gasteiger partial charge in [0, 0.05) is 20.7 Å². The molecular weight excluding hydrogens is 333 g/mol. The molecule has 1 fully saturated rings. The van der Waals surface area contributed by atoms with E-state index >= 15 is 0 Å². The summed E-state index contributed by atoms with van der Waals surface area (Å²) in [6.45, 7) is 1.99. The summed E-state index contributed by atoms with van der Waals surface area (Å²) in [5.74, 6) is -0.467. The van der Waals surface area contributed by atoms with Crippen molar-refractivity contribution < 1.29 is 43.2 Å². The normalized spacial score (nSPS) is 33.9. The van der Waals surface area contributed by atoms with Gasteiger partial charge in [-0.3, -0.25) is 9.36 Å². The van der Waals surface area contributed by atoms with Gasteiger partial charge in [0.05, 0.1) is 19.8 Å². The molecule has 1 aliphatic rings. The number of hydrogen-bond donors (Lipinski definition) is 4. The first-order chi connectivity index (χ1) is 10.7. The lowest BCUT2D eigenvalue weighted by atomic mass is 9.97. The van der Waals surface area contributed by atoms with Gasteiger partial charge in [0.15, 0.2) is 6.29 Å². The molecule has 10 nitrogen and oxygen atoms in total. The molecule has 0 aromatic carbocycles. The molecule has 0 saturated carbocycles. The summed E-state index contributed by atoms with van der Waals surface area (Å²) in [5, 5.41) is 22.0. The second kappa shape index (κ2) is 9.05. The molecule has 6 unspecified atom stereocenters. The van der Waals surface area contributed by atoms with Gasteiger partial charge in [-0.2, -0.15) is 0 Å². The van der Waals surface area contributed by atoms with Crippen molar-refractivity contribution in [3.63, 3.8) is 0 Å². The van der Waals surface area contributed by atoms with Crippen molar-refractivity contribution in [3.05, 3.63) is 0 Å². The van der Waals surface area contributed by atoms with Crippen molar-refractivity contribution in [2.45, 2.75) is 37.6 Å². The summed E-state index contributed by atoms with van der Waals surface area (Å²) in [7, 11) is -2.50. The van der Waals surface area contributed by atoms with Crippen LogP contribution in [0.2, 0.25) is 0 Å². The predicted molar refractivity (Wildman–Crippen MR) is 77.8 cm³/mol. The molecule has 0 bridgehead atoms. The van der Waals surface area contributed by atoms with E-state index in [-0.39, 0.29) is 13.2 Å². The fraction of sp³-hybridized carbons (Fsp3) is 0.917. The monoisotopic (exact) mass is 357 g/mol. The third-order valence-corrected chi connectivity index (χ3v) is 3.74. The van der Waals surface area contributed by atoms with Crippen LogP contribution in [0.1, 0.15) is 6.92 Å². The molecule has 1 saturated heterocycles. The number of ether oxygens (including phenoxy) is 3. The van der Waals surface area contributed by atoms with E-state index < -0.39 is 50.8 Å². The van der Waals surface area contributed by atoms with Crippen LogP contribution in [-0.4, -0.2) is 85.3 Å². The van der Waals surface area contributed by atoms with Gasteiger partial charge in [-0.05, 0) is 0 Å². The molecule has 1 amide bonds. The molecule has 1 rings (SSSR count). The van der Waals surface area contributed by atoms with Crippen LogP contribution in [0.3, 0.4) is 0 Å². The van der Waals surface area contributed by atoms with E-state index in [9.17, 15) is 24.5 Å². The maximum atomic E-state index is 11.6. The van der Waals surface area contributed by atoms with Crippen molar-refractivity contribution in [1.82, 2.24) is 5.32 Å². The Morgan fingerprint density at radius 1 is 1.39 bits per heavy atom. The van der Waals surface area contributed by atoms with Crippen LogP contribution in [0, 0.1) is 0 Å². The molecule has 11 heteroatoms. The molecular formula is C12H24NO9P. The highest BCUT2D eigenvalue weighted by Gasteiger charge is 2.48. The van der Waals surface area contributed by atoms with E-state index in [1.165, 1.54) is 14.0 Å². The molecule has 1 heterocycles. The summed E-state index contributed by atoms with van der Waals surface area (Å²) >= 11 is 0. The number of carbonyl (C=O) groups excluding carboxylic acids is 1. The van der Waals surface area contributed by atoms with Crippen molar-refractivity contribution in [2.24, 2.45) is 0 Å². The number of aliphatic hydroxyl groups excluding tert-OH is 2. The van der Waals surface area contributed by atoms with Gasteiger partial charge in [0.2, 0.25) is 5.91 Å². The summed E-state index contributed by atoms with van der Waals surface area (Å²) in [4.78, 5) is 20.8. The van der Waals surface area contributed by atoms with E-state index in [1.807, 2.05) is 0 Å². The standard InChI is InChI=1S/C12H24NO9P/c1-7(15)13-9-11(22-23(3,17)18)10(16)8(6-14)21-12(9)20-5-4-19-2/h8-12,14,16H,4-6H2,1-3H3,(H,13,15)(H,17,18). The van der Waals surface area contributed by atoms with Crippen molar-refractivity contribution in [1.29, 1.82) is 0 Å². The van der Waals surface area contributed by atoms with Crippen LogP contribution in [0.5, 0.6) is 0 Å². The Balaban J connectivity index is 3.00. The number of nitrogens with one attached hydrogen (secondary N) is 1. The fourth-order valence-electron chi connectivity index (χ4n) is 2.20. The first kappa shape index (κ1) is 20.5. The summed E-state index contributed by atoms with van der Waals surface area (Å²) in [6.07, 6.45) is -4.91. The molecule has 6 atom stereocenters. The van der Waals surface area contributed by atoms with E-state index in [2.05, 4.69) is 5.32 Å². The molecule has 4 N–H and O–H groups in total. The Kier molecular flexibility index (Phi) is 8.05. The molecule has 0 aromatic heterocycles. The number of aliphatic hydroxyl groups is 2. The lowest BCUT2D eigenvalue weighted by molar-refractivity contribution is -0.268. The lowest BCUT2D eigenvalue weighted by Crippen LogP contribution is -2.65. The zero-order valence-electron chi connectivity index (χ0n) is 13.2. The van der Waals surface area contributed by atoms with Gasteiger partial charge < -0.3 is 39.2 Å². The Bertz CT molecular complexity index is 429. The Morgan fingerprint density at radius 3 is 2.52 bits per heavy atom. The van der Waals surface area contributed by atoms with Gasteiger partial charge in [-0.25, -0.2) is 0 Å². The third kappa shape index (κ3) is 6.44. The van der Waals surface area contributed by atoms with Crippen LogP contribution in [0.4, 0.5) is 0 Å². The highest BCUT2D eigenvalue weighted by Crippen LogP contribution is 2.41. The minimum absolute atomic E-state index is 0.112. The van der Waals surface area contributed by atoms with Crippen molar-refractivity contribution in [2.75, 3.05) is 33.6 Å². The van der Waals surface area contributed by atoms with Crippen molar-refractivity contribution in [3.8, 4) is 0 Å². The molecule has 136 valence electrons. The molecule has 0 radical (unpaired) electrons. The molecule has 0 aliphatic carbocycles. The molecule has 0 spiro atoms. The van der Waals surface area contributed by atoms with Gasteiger partial charge >= 0.3 is 7.60 Å². The quantitative estimate of drug-likeness (QED) is 0.299. The highest BCUT2D eigenvalue weighted by molar-refractivity contribution is 7.51. The number of methoxy groups -OCH3 is 1. The second-order valence-corrected chi connectivity index (χ2v) is 7.00.